The van der Waals surface area contributed by atoms with Gasteiger partial charge in [-0.05, 0) is 17.7 Å². The van der Waals surface area contributed by atoms with Crippen LogP contribution in [-0.4, -0.2) is 56.5 Å². The van der Waals surface area contributed by atoms with Crippen LogP contribution >= 0.6 is 0 Å². The van der Waals surface area contributed by atoms with E-state index in [-0.39, 0.29) is 17.1 Å². The Balaban J connectivity index is 1.29. The van der Waals surface area contributed by atoms with Gasteiger partial charge in [0.25, 0.3) is 11.5 Å². The Bertz CT molecular complexity index is 1530. The van der Waals surface area contributed by atoms with Gasteiger partial charge < -0.3 is 15.2 Å². The van der Waals surface area contributed by atoms with Crippen LogP contribution in [0.3, 0.4) is 0 Å². The number of rotatable bonds is 6. The van der Waals surface area contributed by atoms with E-state index < -0.39 is 23.0 Å². The standard InChI is InChI=1S/C26H24FN7O3/c27-20-8-4-5-9-21(20)34-25(36)19(15-28-26(34)37)24(35)31-22-14-23(30-17-29-22)33-12-10-32(11-13-33)16-18-6-2-1-3-7-18/h1-9,14-15,17H,10-13,16H2,(H,28,37)(H,29,30,31,35). The third kappa shape index (κ3) is 5.31. The van der Waals surface area contributed by atoms with E-state index in [1.165, 1.54) is 30.1 Å². The molecule has 37 heavy (non-hydrogen) atoms. The zero-order chi connectivity index (χ0) is 25.8. The number of piperazine rings is 1. The quantitative estimate of drug-likeness (QED) is 0.415. The molecule has 1 aliphatic heterocycles. The molecule has 2 N–H and O–H groups in total. The largest absolute Gasteiger partial charge is 0.354 e. The highest BCUT2D eigenvalue weighted by Gasteiger charge is 2.21. The van der Waals surface area contributed by atoms with Crippen LogP contribution in [0.2, 0.25) is 0 Å². The first kappa shape index (κ1) is 24.1. The van der Waals surface area contributed by atoms with Gasteiger partial charge in [-0.2, -0.15) is 0 Å². The molecule has 0 saturated carbocycles. The van der Waals surface area contributed by atoms with Crippen molar-refractivity contribution >= 4 is 17.5 Å². The minimum absolute atomic E-state index is 0.199. The van der Waals surface area contributed by atoms with E-state index in [1.807, 2.05) is 18.2 Å². The molecule has 2 aromatic heterocycles. The topological polar surface area (TPSA) is 116 Å². The fourth-order valence-corrected chi connectivity index (χ4v) is 4.24. The van der Waals surface area contributed by atoms with E-state index in [9.17, 15) is 18.8 Å². The summed E-state index contributed by atoms with van der Waals surface area (Å²) >= 11 is 0. The maximum absolute atomic E-state index is 14.2. The van der Waals surface area contributed by atoms with Crippen molar-refractivity contribution in [3.63, 3.8) is 0 Å². The Morgan fingerprint density at radius 1 is 0.973 bits per heavy atom. The van der Waals surface area contributed by atoms with Gasteiger partial charge in [-0.25, -0.2) is 23.7 Å². The molecule has 11 heteroatoms. The molecule has 1 saturated heterocycles. The van der Waals surface area contributed by atoms with Crippen LogP contribution in [0.1, 0.15) is 15.9 Å². The highest BCUT2D eigenvalue weighted by molar-refractivity contribution is 6.03. The van der Waals surface area contributed by atoms with Crippen LogP contribution in [-0.2, 0) is 6.54 Å². The third-order valence-corrected chi connectivity index (χ3v) is 6.15. The number of nitrogens with one attached hydrogen (secondary N) is 2. The van der Waals surface area contributed by atoms with Gasteiger partial charge in [0.05, 0.1) is 5.69 Å². The Morgan fingerprint density at radius 3 is 2.46 bits per heavy atom. The van der Waals surface area contributed by atoms with Crippen molar-refractivity contribution in [2.24, 2.45) is 0 Å². The Kier molecular flexibility index (Phi) is 6.86. The summed E-state index contributed by atoms with van der Waals surface area (Å²) in [5.41, 5.74) is -1.16. The van der Waals surface area contributed by atoms with Crippen molar-refractivity contribution in [1.82, 2.24) is 24.4 Å². The Hall–Kier alpha value is -4.64. The Morgan fingerprint density at radius 2 is 1.70 bits per heavy atom. The second-order valence-electron chi connectivity index (χ2n) is 8.56. The molecule has 2 aromatic carbocycles. The zero-order valence-electron chi connectivity index (χ0n) is 19.8. The number of aromatic nitrogens is 4. The lowest BCUT2D eigenvalue weighted by atomic mass is 10.2. The van der Waals surface area contributed by atoms with E-state index in [0.29, 0.717) is 10.4 Å². The molecule has 0 bridgehead atoms. The van der Waals surface area contributed by atoms with Crippen LogP contribution in [0.4, 0.5) is 16.0 Å². The molecule has 1 aliphatic rings. The number of carbonyl (C=O) groups excluding carboxylic acids is 1. The van der Waals surface area contributed by atoms with Crippen molar-refractivity contribution in [3.8, 4) is 5.69 Å². The molecule has 0 radical (unpaired) electrons. The van der Waals surface area contributed by atoms with Gasteiger partial charge in [-0.3, -0.25) is 14.5 Å². The van der Waals surface area contributed by atoms with Crippen LogP contribution in [0.25, 0.3) is 5.69 Å². The molecule has 188 valence electrons. The minimum Gasteiger partial charge on any atom is -0.354 e. The maximum Gasteiger partial charge on any atom is 0.333 e. The predicted molar refractivity (Wildman–Crippen MR) is 137 cm³/mol. The van der Waals surface area contributed by atoms with Gasteiger partial charge in [0.15, 0.2) is 0 Å². The summed E-state index contributed by atoms with van der Waals surface area (Å²) in [6.07, 6.45) is 2.34. The molecular weight excluding hydrogens is 477 g/mol. The first-order chi connectivity index (χ1) is 18.0. The van der Waals surface area contributed by atoms with Crippen molar-refractivity contribution < 1.29 is 9.18 Å². The molecular formula is C26H24FN7O3. The first-order valence-electron chi connectivity index (χ1n) is 11.7. The molecule has 3 heterocycles. The van der Waals surface area contributed by atoms with E-state index in [1.54, 1.807) is 6.07 Å². The highest BCUT2D eigenvalue weighted by Crippen LogP contribution is 2.18. The van der Waals surface area contributed by atoms with Gasteiger partial charge in [0.1, 0.15) is 29.3 Å². The van der Waals surface area contributed by atoms with Crippen LogP contribution < -0.4 is 21.5 Å². The van der Waals surface area contributed by atoms with Crippen LogP contribution in [0.15, 0.2) is 82.8 Å². The SMILES string of the molecule is O=C(Nc1cc(N2CCN(Cc3ccccc3)CC2)ncn1)c1c[nH]c(=O)n(-c2ccccc2F)c1=O. The summed E-state index contributed by atoms with van der Waals surface area (Å²) in [5.74, 6) is -0.708. The van der Waals surface area contributed by atoms with Gasteiger partial charge in [-0.1, -0.05) is 42.5 Å². The molecule has 0 atom stereocenters. The number of hydrogen-bond acceptors (Lipinski definition) is 7. The first-order valence-corrected chi connectivity index (χ1v) is 11.7. The summed E-state index contributed by atoms with van der Waals surface area (Å²) in [7, 11) is 0. The number of benzene rings is 2. The highest BCUT2D eigenvalue weighted by atomic mass is 19.1. The predicted octanol–water partition coefficient (Wildman–Crippen LogP) is 2.03. The fourth-order valence-electron chi connectivity index (χ4n) is 4.24. The van der Waals surface area contributed by atoms with E-state index in [4.69, 9.17) is 0 Å². The molecule has 10 nitrogen and oxygen atoms in total. The molecule has 0 aliphatic carbocycles. The lowest BCUT2D eigenvalue weighted by molar-refractivity contribution is 0.102. The lowest BCUT2D eigenvalue weighted by Gasteiger charge is -2.35. The minimum atomic E-state index is -0.949. The number of nitrogens with zero attached hydrogens (tertiary/aromatic N) is 5. The molecule has 4 aromatic rings. The number of aromatic amines is 1. The molecule has 0 unspecified atom stereocenters. The van der Waals surface area contributed by atoms with E-state index in [2.05, 4.69) is 42.2 Å². The van der Waals surface area contributed by atoms with Gasteiger partial charge in [-0.15, -0.1) is 0 Å². The fraction of sp³-hybridized carbons (Fsp3) is 0.192. The maximum atomic E-state index is 14.2. The summed E-state index contributed by atoms with van der Waals surface area (Å²) in [6.45, 7) is 4.10. The van der Waals surface area contributed by atoms with Crippen LogP contribution in [0, 0.1) is 5.82 Å². The number of H-pyrrole nitrogens is 1. The summed E-state index contributed by atoms with van der Waals surface area (Å²) in [6, 6.07) is 17.2. The lowest BCUT2D eigenvalue weighted by Crippen LogP contribution is -2.46. The second-order valence-corrected chi connectivity index (χ2v) is 8.56. The molecule has 5 rings (SSSR count). The molecule has 1 amide bonds. The van der Waals surface area contributed by atoms with Crippen molar-refractivity contribution in [3.05, 3.63) is 111 Å². The number of anilines is 2. The smallest absolute Gasteiger partial charge is 0.333 e. The number of hydrogen-bond donors (Lipinski definition) is 2. The van der Waals surface area contributed by atoms with Crippen LogP contribution in [0.5, 0.6) is 0 Å². The van der Waals surface area contributed by atoms with E-state index in [0.717, 1.165) is 45.0 Å². The van der Waals surface area contributed by atoms with Crippen molar-refractivity contribution in [2.75, 3.05) is 36.4 Å². The normalized spacial score (nSPS) is 13.9. The third-order valence-electron chi connectivity index (χ3n) is 6.15. The van der Waals surface area contributed by atoms with Gasteiger partial charge in [0, 0.05) is 45.0 Å². The number of amides is 1. The van der Waals surface area contributed by atoms with Crippen molar-refractivity contribution in [1.29, 1.82) is 0 Å². The zero-order valence-corrected chi connectivity index (χ0v) is 19.8. The average Bonchev–Trinajstić information content (AvgIpc) is 2.91. The Labute approximate surface area is 211 Å². The average molecular weight is 502 g/mol. The molecule has 0 spiro atoms. The van der Waals surface area contributed by atoms with E-state index >= 15 is 0 Å². The summed E-state index contributed by atoms with van der Waals surface area (Å²) in [5, 5.41) is 2.58. The van der Waals surface area contributed by atoms with Gasteiger partial charge >= 0.3 is 5.69 Å². The summed E-state index contributed by atoms with van der Waals surface area (Å²) in [4.78, 5) is 53.3. The molecule has 1 fully saturated rings. The number of halogens is 1. The van der Waals surface area contributed by atoms with Gasteiger partial charge in [0.2, 0.25) is 0 Å². The monoisotopic (exact) mass is 501 g/mol. The number of para-hydroxylation sites is 1. The second kappa shape index (κ2) is 10.5. The summed E-state index contributed by atoms with van der Waals surface area (Å²) < 4.78 is 14.8. The number of carbonyl (C=O) groups is 1. The van der Waals surface area contributed by atoms with Crippen molar-refractivity contribution in [2.45, 2.75) is 6.54 Å².